The van der Waals surface area contributed by atoms with Gasteiger partial charge in [-0.3, -0.25) is 9.89 Å². The van der Waals surface area contributed by atoms with Crippen molar-refractivity contribution < 1.29 is 9.53 Å². The molecular weight excluding hydrogens is 426 g/mol. The standard InChI is InChI=1S/C27H23N5O2/c1-18-24(17-25-26(28-18)31-32-30-25)20-8-5-9-21(16-20)27(33)29-22-10-12-23(13-11-22)34-15-14-19-6-3-2-4-7-19/h2-13,16-17H,14-15H2,1H3,(H,29,33)(H,28,30,31,32). The minimum atomic E-state index is -0.186. The molecule has 2 N–H and O–H groups in total. The Balaban J connectivity index is 1.24. The molecule has 0 spiro atoms. The van der Waals surface area contributed by atoms with Crippen molar-refractivity contribution in [2.75, 3.05) is 11.9 Å². The summed E-state index contributed by atoms with van der Waals surface area (Å²) in [5, 5.41) is 13.5. The average Bonchev–Trinajstić information content (AvgIpc) is 3.32. The Morgan fingerprint density at radius 3 is 2.62 bits per heavy atom. The third-order valence-corrected chi connectivity index (χ3v) is 5.56. The maximum atomic E-state index is 12.9. The number of nitrogens with zero attached hydrogens (tertiary/aromatic N) is 3. The van der Waals surface area contributed by atoms with Gasteiger partial charge >= 0.3 is 0 Å². The number of hydrogen-bond donors (Lipinski definition) is 2. The maximum absolute atomic E-state index is 12.9. The topological polar surface area (TPSA) is 92.8 Å². The molecule has 5 aromatic rings. The Labute approximate surface area is 196 Å². The number of carbonyl (C=O) groups excluding carboxylic acids is 1. The quantitative estimate of drug-likeness (QED) is 0.356. The van der Waals surface area contributed by atoms with Crippen molar-refractivity contribution in [3.05, 3.63) is 102 Å². The van der Waals surface area contributed by atoms with E-state index in [1.165, 1.54) is 5.56 Å². The number of rotatable bonds is 7. The van der Waals surface area contributed by atoms with E-state index >= 15 is 0 Å². The van der Waals surface area contributed by atoms with Gasteiger partial charge in [-0.1, -0.05) is 47.7 Å². The molecule has 2 aromatic heterocycles. The molecule has 0 radical (unpaired) electrons. The first-order valence-electron chi connectivity index (χ1n) is 11.0. The van der Waals surface area contributed by atoms with Gasteiger partial charge in [-0.25, -0.2) is 4.98 Å². The van der Waals surface area contributed by atoms with Crippen LogP contribution < -0.4 is 10.1 Å². The molecule has 2 heterocycles. The van der Waals surface area contributed by atoms with Crippen molar-refractivity contribution >= 4 is 22.8 Å². The molecule has 7 nitrogen and oxygen atoms in total. The summed E-state index contributed by atoms with van der Waals surface area (Å²) in [4.78, 5) is 17.4. The predicted octanol–water partition coefficient (Wildman–Crippen LogP) is 5.20. The SMILES string of the molecule is Cc1nc2nn[nH]c2cc1-c1cccc(C(=O)Nc2ccc(OCCc3ccccc3)cc2)c1. The van der Waals surface area contributed by atoms with Crippen LogP contribution in [0.3, 0.4) is 0 Å². The number of ether oxygens (including phenoxy) is 1. The van der Waals surface area contributed by atoms with Crippen LogP contribution in [0.25, 0.3) is 22.3 Å². The number of aromatic nitrogens is 4. The molecule has 0 saturated carbocycles. The molecule has 1 amide bonds. The van der Waals surface area contributed by atoms with Crippen LogP contribution in [0.5, 0.6) is 5.75 Å². The van der Waals surface area contributed by atoms with Crippen molar-refractivity contribution in [1.82, 2.24) is 20.4 Å². The van der Waals surface area contributed by atoms with Gasteiger partial charge in [-0.2, -0.15) is 0 Å². The Bertz CT molecular complexity index is 1430. The lowest BCUT2D eigenvalue weighted by atomic mass is 10.0. The fourth-order valence-corrected chi connectivity index (χ4v) is 3.77. The van der Waals surface area contributed by atoms with Crippen LogP contribution in [-0.4, -0.2) is 32.9 Å². The van der Waals surface area contributed by atoms with Crippen LogP contribution in [0.2, 0.25) is 0 Å². The number of hydrogen-bond acceptors (Lipinski definition) is 5. The van der Waals surface area contributed by atoms with Gasteiger partial charge in [0.2, 0.25) is 5.65 Å². The highest BCUT2D eigenvalue weighted by molar-refractivity contribution is 6.05. The molecule has 0 aliphatic rings. The van der Waals surface area contributed by atoms with Gasteiger partial charge in [0, 0.05) is 28.9 Å². The number of benzene rings is 3. The number of pyridine rings is 1. The number of carbonyl (C=O) groups is 1. The monoisotopic (exact) mass is 449 g/mol. The summed E-state index contributed by atoms with van der Waals surface area (Å²) in [6.45, 7) is 2.51. The number of nitrogens with one attached hydrogen (secondary N) is 2. The van der Waals surface area contributed by atoms with Gasteiger partial charge in [0.25, 0.3) is 5.91 Å². The third kappa shape index (κ3) is 4.78. The zero-order chi connectivity index (χ0) is 23.3. The highest BCUT2D eigenvalue weighted by Gasteiger charge is 2.12. The second-order valence-corrected chi connectivity index (χ2v) is 7.95. The molecule has 168 valence electrons. The zero-order valence-electron chi connectivity index (χ0n) is 18.7. The molecule has 34 heavy (non-hydrogen) atoms. The predicted molar refractivity (Wildman–Crippen MR) is 132 cm³/mol. The van der Waals surface area contributed by atoms with E-state index in [0.717, 1.165) is 34.5 Å². The second kappa shape index (κ2) is 9.54. The minimum absolute atomic E-state index is 0.186. The second-order valence-electron chi connectivity index (χ2n) is 7.95. The number of aromatic amines is 1. The number of fused-ring (bicyclic) bond motifs is 1. The molecule has 0 saturated heterocycles. The highest BCUT2D eigenvalue weighted by Crippen LogP contribution is 2.26. The first-order chi connectivity index (χ1) is 16.7. The molecular formula is C27H23N5O2. The van der Waals surface area contributed by atoms with E-state index in [-0.39, 0.29) is 5.91 Å². The maximum Gasteiger partial charge on any atom is 0.255 e. The van der Waals surface area contributed by atoms with Crippen LogP contribution in [-0.2, 0) is 6.42 Å². The molecule has 7 heteroatoms. The Morgan fingerprint density at radius 2 is 1.79 bits per heavy atom. The lowest BCUT2D eigenvalue weighted by Gasteiger charge is -2.10. The van der Waals surface area contributed by atoms with E-state index in [1.54, 1.807) is 6.07 Å². The largest absolute Gasteiger partial charge is 0.493 e. The lowest BCUT2D eigenvalue weighted by Crippen LogP contribution is -2.12. The first-order valence-corrected chi connectivity index (χ1v) is 11.0. The van der Waals surface area contributed by atoms with Gasteiger partial charge in [-0.15, -0.1) is 5.10 Å². The van der Waals surface area contributed by atoms with Crippen LogP contribution in [0.15, 0.2) is 84.9 Å². The lowest BCUT2D eigenvalue weighted by molar-refractivity contribution is 0.102. The van der Waals surface area contributed by atoms with Gasteiger partial charge in [0.15, 0.2) is 0 Å². The van der Waals surface area contributed by atoms with Gasteiger partial charge in [-0.05, 0) is 60.5 Å². The van der Waals surface area contributed by atoms with Gasteiger partial charge in [0.05, 0.1) is 6.61 Å². The summed E-state index contributed by atoms with van der Waals surface area (Å²) in [5.74, 6) is 0.581. The van der Waals surface area contributed by atoms with Crippen molar-refractivity contribution in [3.8, 4) is 16.9 Å². The number of anilines is 1. The molecule has 0 atom stereocenters. The van der Waals surface area contributed by atoms with Crippen molar-refractivity contribution in [2.45, 2.75) is 13.3 Å². The molecule has 0 aliphatic carbocycles. The first kappa shape index (κ1) is 21.3. The summed E-state index contributed by atoms with van der Waals surface area (Å²) in [6, 6.07) is 27.0. The van der Waals surface area contributed by atoms with E-state index in [4.69, 9.17) is 4.74 Å². The summed E-state index contributed by atoms with van der Waals surface area (Å²) in [6.07, 6.45) is 0.842. The van der Waals surface area contributed by atoms with Gasteiger partial charge < -0.3 is 10.1 Å². The average molecular weight is 450 g/mol. The number of amides is 1. The number of H-pyrrole nitrogens is 1. The molecule has 0 aliphatic heterocycles. The van der Waals surface area contributed by atoms with Crippen molar-refractivity contribution in [2.24, 2.45) is 0 Å². The fraction of sp³-hybridized carbons (Fsp3) is 0.111. The normalized spacial score (nSPS) is 10.9. The summed E-state index contributed by atoms with van der Waals surface area (Å²) in [7, 11) is 0. The zero-order valence-corrected chi connectivity index (χ0v) is 18.7. The highest BCUT2D eigenvalue weighted by atomic mass is 16.5. The Morgan fingerprint density at radius 1 is 0.971 bits per heavy atom. The van der Waals surface area contributed by atoms with Crippen molar-refractivity contribution in [1.29, 1.82) is 0 Å². The third-order valence-electron chi connectivity index (χ3n) is 5.56. The van der Waals surface area contributed by atoms with E-state index in [2.05, 4.69) is 37.8 Å². The summed E-state index contributed by atoms with van der Waals surface area (Å²) < 4.78 is 5.83. The fourth-order valence-electron chi connectivity index (χ4n) is 3.77. The Kier molecular flexibility index (Phi) is 5.99. The summed E-state index contributed by atoms with van der Waals surface area (Å²) >= 11 is 0. The summed E-state index contributed by atoms with van der Waals surface area (Å²) in [5.41, 5.74) is 6.46. The van der Waals surface area contributed by atoms with Crippen molar-refractivity contribution in [3.63, 3.8) is 0 Å². The van der Waals surface area contributed by atoms with Crippen LogP contribution in [0.4, 0.5) is 5.69 Å². The van der Waals surface area contributed by atoms with E-state index in [9.17, 15) is 4.79 Å². The van der Waals surface area contributed by atoms with E-state index < -0.39 is 0 Å². The van der Waals surface area contributed by atoms with E-state index in [1.807, 2.05) is 73.7 Å². The van der Waals surface area contributed by atoms with Gasteiger partial charge in [0.1, 0.15) is 11.3 Å². The molecule has 3 aromatic carbocycles. The van der Waals surface area contributed by atoms with Crippen LogP contribution in [0.1, 0.15) is 21.6 Å². The van der Waals surface area contributed by atoms with E-state index in [0.29, 0.717) is 23.5 Å². The molecule has 0 unspecified atom stereocenters. The molecule has 0 fully saturated rings. The smallest absolute Gasteiger partial charge is 0.255 e. The van der Waals surface area contributed by atoms with Crippen LogP contribution in [0, 0.1) is 6.92 Å². The molecule has 0 bridgehead atoms. The number of aryl methyl sites for hydroxylation is 1. The Hall–Kier alpha value is -4.52. The molecule has 5 rings (SSSR count). The van der Waals surface area contributed by atoms with Crippen LogP contribution >= 0.6 is 0 Å². The minimum Gasteiger partial charge on any atom is -0.493 e.